The molecule has 5 heteroatoms. The van der Waals surface area contributed by atoms with Crippen molar-refractivity contribution in [1.82, 2.24) is 10.2 Å². The number of aryl methyl sites for hydroxylation is 2. The van der Waals surface area contributed by atoms with E-state index in [2.05, 4.69) is 20.5 Å². The molecule has 0 atom stereocenters. The summed E-state index contributed by atoms with van der Waals surface area (Å²) in [5, 5.41) is 13.0. The number of rotatable bonds is 1. The Balaban J connectivity index is 1.78. The van der Waals surface area contributed by atoms with Gasteiger partial charge in [-0.1, -0.05) is 35.9 Å². The van der Waals surface area contributed by atoms with E-state index < -0.39 is 0 Å². The monoisotopic (exact) mass is 304 g/mol. The first-order valence-electron chi connectivity index (χ1n) is 7.51. The van der Waals surface area contributed by atoms with Crippen LogP contribution < -0.4 is 10.1 Å². The van der Waals surface area contributed by atoms with E-state index in [-0.39, 0.29) is 0 Å². The third-order valence-electron chi connectivity index (χ3n) is 3.91. The van der Waals surface area contributed by atoms with Gasteiger partial charge >= 0.3 is 0 Å². The highest BCUT2D eigenvalue weighted by molar-refractivity contribution is 6.07. The second-order valence-corrected chi connectivity index (χ2v) is 5.61. The zero-order valence-corrected chi connectivity index (χ0v) is 13.0. The predicted octanol–water partition coefficient (Wildman–Crippen LogP) is 3.46. The fourth-order valence-corrected chi connectivity index (χ4v) is 2.66. The molecule has 4 rings (SSSR count). The van der Waals surface area contributed by atoms with E-state index in [0.29, 0.717) is 18.3 Å². The first kappa shape index (κ1) is 13.7. The molecule has 1 aromatic heterocycles. The third kappa shape index (κ3) is 2.40. The minimum absolute atomic E-state index is 0.461. The van der Waals surface area contributed by atoms with Crippen molar-refractivity contribution in [3.8, 4) is 5.75 Å². The Morgan fingerprint density at radius 1 is 1.00 bits per heavy atom. The van der Waals surface area contributed by atoms with Gasteiger partial charge in [0.2, 0.25) is 5.90 Å². The zero-order chi connectivity index (χ0) is 15.8. The van der Waals surface area contributed by atoms with Crippen LogP contribution >= 0.6 is 0 Å². The Kier molecular flexibility index (Phi) is 3.19. The Morgan fingerprint density at radius 3 is 2.65 bits per heavy atom. The van der Waals surface area contributed by atoms with Crippen LogP contribution in [-0.2, 0) is 0 Å². The molecule has 0 saturated carbocycles. The van der Waals surface area contributed by atoms with Gasteiger partial charge in [-0.05, 0) is 31.5 Å². The van der Waals surface area contributed by atoms with Crippen LogP contribution in [0.2, 0.25) is 0 Å². The molecule has 5 nitrogen and oxygen atoms in total. The highest BCUT2D eigenvalue weighted by Gasteiger charge is 2.21. The van der Waals surface area contributed by atoms with E-state index in [4.69, 9.17) is 4.74 Å². The number of fused-ring (bicyclic) bond motifs is 3. The SMILES string of the molecule is Cc1ccc(OC2=NCNc3c2nnc2c(C)cccc32)cc1. The van der Waals surface area contributed by atoms with Gasteiger partial charge in [0.05, 0.1) is 11.2 Å². The molecule has 2 heterocycles. The van der Waals surface area contributed by atoms with Gasteiger partial charge in [0.1, 0.15) is 12.4 Å². The fraction of sp³-hybridized carbons (Fsp3) is 0.167. The lowest BCUT2D eigenvalue weighted by Gasteiger charge is -2.19. The van der Waals surface area contributed by atoms with Gasteiger partial charge in [0, 0.05) is 5.39 Å². The summed E-state index contributed by atoms with van der Waals surface area (Å²) in [6.07, 6.45) is 0. The Hall–Kier alpha value is -2.95. The molecule has 114 valence electrons. The summed E-state index contributed by atoms with van der Waals surface area (Å²) in [4.78, 5) is 4.40. The largest absolute Gasteiger partial charge is 0.437 e. The van der Waals surface area contributed by atoms with E-state index in [1.165, 1.54) is 5.56 Å². The van der Waals surface area contributed by atoms with Crippen molar-refractivity contribution in [2.24, 2.45) is 4.99 Å². The third-order valence-corrected chi connectivity index (χ3v) is 3.91. The van der Waals surface area contributed by atoms with Crippen molar-refractivity contribution in [3.63, 3.8) is 0 Å². The average Bonchev–Trinajstić information content (AvgIpc) is 2.57. The maximum absolute atomic E-state index is 5.92. The molecule has 0 aliphatic carbocycles. The van der Waals surface area contributed by atoms with E-state index in [1.807, 2.05) is 56.3 Å². The predicted molar refractivity (Wildman–Crippen MR) is 91.1 cm³/mol. The highest BCUT2D eigenvalue weighted by atomic mass is 16.5. The van der Waals surface area contributed by atoms with Crippen LogP contribution in [-0.4, -0.2) is 22.8 Å². The zero-order valence-electron chi connectivity index (χ0n) is 13.0. The van der Waals surface area contributed by atoms with Crippen molar-refractivity contribution < 1.29 is 4.74 Å². The van der Waals surface area contributed by atoms with Crippen LogP contribution in [0.15, 0.2) is 47.5 Å². The van der Waals surface area contributed by atoms with Gasteiger partial charge in [-0.25, -0.2) is 4.99 Å². The lowest BCUT2D eigenvalue weighted by Crippen LogP contribution is -2.22. The summed E-state index contributed by atoms with van der Waals surface area (Å²) in [6.45, 7) is 4.54. The van der Waals surface area contributed by atoms with Gasteiger partial charge in [-0.3, -0.25) is 0 Å². The van der Waals surface area contributed by atoms with Gasteiger partial charge < -0.3 is 10.1 Å². The molecule has 0 spiro atoms. The molecule has 0 unspecified atom stereocenters. The minimum Gasteiger partial charge on any atom is -0.437 e. The molecule has 0 amide bonds. The van der Waals surface area contributed by atoms with Gasteiger partial charge in [-0.15, -0.1) is 10.2 Å². The average molecular weight is 304 g/mol. The number of ether oxygens (including phenoxy) is 1. The van der Waals surface area contributed by atoms with Gasteiger partial charge in [0.25, 0.3) is 0 Å². The summed E-state index contributed by atoms with van der Waals surface area (Å²) in [6, 6.07) is 14.0. The molecule has 0 fully saturated rings. The molecule has 0 radical (unpaired) electrons. The molecular weight excluding hydrogens is 288 g/mol. The van der Waals surface area contributed by atoms with Gasteiger partial charge in [0.15, 0.2) is 5.69 Å². The first-order valence-corrected chi connectivity index (χ1v) is 7.51. The van der Waals surface area contributed by atoms with Crippen LogP contribution in [0.25, 0.3) is 10.9 Å². The number of aliphatic imine (C=N–C) groups is 1. The number of benzene rings is 2. The lowest BCUT2D eigenvalue weighted by molar-refractivity contribution is 0.544. The summed E-state index contributed by atoms with van der Waals surface area (Å²) >= 11 is 0. The topological polar surface area (TPSA) is 59.4 Å². The highest BCUT2D eigenvalue weighted by Crippen LogP contribution is 2.29. The number of hydrogen-bond acceptors (Lipinski definition) is 5. The molecule has 1 aliphatic rings. The van der Waals surface area contributed by atoms with Crippen LogP contribution in [0.1, 0.15) is 16.8 Å². The molecule has 3 aromatic rings. The molecule has 1 aliphatic heterocycles. The standard InChI is InChI=1S/C18H16N4O/c1-11-6-8-13(9-7-11)23-18-17-16(19-10-20-18)14-5-3-4-12(2)15(14)21-22-17/h3-9,19H,10H2,1-2H3. The van der Waals surface area contributed by atoms with Crippen LogP contribution in [0.4, 0.5) is 5.69 Å². The van der Waals surface area contributed by atoms with E-state index in [9.17, 15) is 0 Å². The van der Waals surface area contributed by atoms with Crippen molar-refractivity contribution >= 4 is 22.5 Å². The normalized spacial score (nSPS) is 13.2. The molecule has 2 aromatic carbocycles. The van der Waals surface area contributed by atoms with E-state index in [1.54, 1.807) is 0 Å². The summed E-state index contributed by atoms with van der Waals surface area (Å²) in [5.74, 6) is 1.24. The van der Waals surface area contributed by atoms with Crippen molar-refractivity contribution in [1.29, 1.82) is 0 Å². The quantitative estimate of drug-likeness (QED) is 0.748. The van der Waals surface area contributed by atoms with Crippen LogP contribution in [0.5, 0.6) is 5.75 Å². The Labute approximate surface area is 134 Å². The molecule has 0 saturated heterocycles. The number of aromatic nitrogens is 2. The van der Waals surface area contributed by atoms with Crippen molar-refractivity contribution in [2.75, 3.05) is 12.0 Å². The molecule has 0 bridgehead atoms. The van der Waals surface area contributed by atoms with Crippen molar-refractivity contribution in [3.05, 3.63) is 59.3 Å². The smallest absolute Gasteiger partial charge is 0.246 e. The fourth-order valence-electron chi connectivity index (χ4n) is 2.66. The number of nitrogens with zero attached hydrogens (tertiary/aromatic N) is 3. The Bertz CT molecular complexity index is 916. The number of nitrogens with one attached hydrogen (secondary N) is 1. The molecule has 1 N–H and O–H groups in total. The van der Waals surface area contributed by atoms with E-state index in [0.717, 1.165) is 27.9 Å². The maximum atomic E-state index is 5.92. The first-order chi connectivity index (χ1) is 11.2. The number of hydrogen-bond donors (Lipinski definition) is 1. The summed E-state index contributed by atoms with van der Waals surface area (Å²) < 4.78 is 5.92. The van der Waals surface area contributed by atoms with E-state index >= 15 is 0 Å². The summed E-state index contributed by atoms with van der Waals surface area (Å²) in [5.41, 5.74) is 4.76. The second kappa shape index (κ2) is 5.35. The lowest BCUT2D eigenvalue weighted by atomic mass is 10.1. The van der Waals surface area contributed by atoms with Gasteiger partial charge in [-0.2, -0.15) is 0 Å². The summed E-state index contributed by atoms with van der Waals surface area (Å²) in [7, 11) is 0. The maximum Gasteiger partial charge on any atom is 0.246 e. The second-order valence-electron chi connectivity index (χ2n) is 5.61. The molecular formula is C18H16N4O. The number of anilines is 1. The van der Waals surface area contributed by atoms with Crippen LogP contribution in [0.3, 0.4) is 0 Å². The van der Waals surface area contributed by atoms with Crippen molar-refractivity contribution in [2.45, 2.75) is 13.8 Å². The Morgan fingerprint density at radius 2 is 1.83 bits per heavy atom. The van der Waals surface area contributed by atoms with Crippen LogP contribution in [0, 0.1) is 13.8 Å². The molecule has 23 heavy (non-hydrogen) atoms. The minimum atomic E-state index is 0.461.